The van der Waals surface area contributed by atoms with Crippen molar-refractivity contribution in [3.63, 3.8) is 0 Å². The van der Waals surface area contributed by atoms with Gasteiger partial charge in [-0.3, -0.25) is 4.79 Å². The van der Waals surface area contributed by atoms with E-state index in [1.54, 1.807) is 7.11 Å². The number of nitrogens with zero attached hydrogens (tertiary/aromatic N) is 1. The van der Waals surface area contributed by atoms with Gasteiger partial charge in [0.25, 0.3) is 5.91 Å². The third kappa shape index (κ3) is 6.08. The van der Waals surface area contributed by atoms with E-state index in [2.05, 4.69) is 11.8 Å². The van der Waals surface area contributed by atoms with Crippen molar-refractivity contribution in [2.45, 2.75) is 72.4 Å². The molecule has 0 aliphatic heterocycles. The van der Waals surface area contributed by atoms with Gasteiger partial charge in [-0.2, -0.15) is 0 Å². The molecule has 1 aliphatic rings. The number of ether oxygens (including phenoxy) is 2. The highest BCUT2D eigenvalue weighted by Gasteiger charge is 2.34. The van der Waals surface area contributed by atoms with Gasteiger partial charge in [0.1, 0.15) is 4.88 Å². The fourth-order valence-corrected chi connectivity index (χ4v) is 5.23. The van der Waals surface area contributed by atoms with Gasteiger partial charge in [0.2, 0.25) is 0 Å². The second kappa shape index (κ2) is 10.8. The fraction of sp³-hybridized carbons (Fsp3) is 0.500. The molecule has 34 heavy (non-hydrogen) atoms. The summed E-state index contributed by atoms with van der Waals surface area (Å²) in [7, 11) is 3.10. The van der Waals surface area contributed by atoms with Crippen molar-refractivity contribution >= 4 is 28.9 Å². The van der Waals surface area contributed by atoms with Crippen molar-refractivity contribution < 1.29 is 19.1 Å². The summed E-state index contributed by atoms with van der Waals surface area (Å²) in [5.41, 5.74) is 3.07. The van der Waals surface area contributed by atoms with Crippen LogP contribution < -0.4 is 4.90 Å². The quantitative estimate of drug-likeness (QED) is 0.379. The van der Waals surface area contributed by atoms with Crippen LogP contribution in [0.5, 0.6) is 0 Å². The number of anilines is 1. The summed E-state index contributed by atoms with van der Waals surface area (Å²) in [5.74, 6) is 5.88. The van der Waals surface area contributed by atoms with E-state index >= 15 is 0 Å². The number of carbonyl (C=O) groups excluding carboxylic acids is 2. The molecule has 0 bridgehead atoms. The van der Waals surface area contributed by atoms with Crippen LogP contribution in [0.25, 0.3) is 0 Å². The van der Waals surface area contributed by atoms with Gasteiger partial charge in [0.15, 0.2) is 0 Å². The third-order valence-electron chi connectivity index (χ3n) is 6.08. The van der Waals surface area contributed by atoms with Crippen LogP contribution in [-0.2, 0) is 9.47 Å². The first-order chi connectivity index (χ1) is 16.0. The van der Waals surface area contributed by atoms with Crippen LogP contribution in [0.1, 0.15) is 82.5 Å². The molecule has 0 N–H and O–H groups in total. The van der Waals surface area contributed by atoms with Crippen molar-refractivity contribution in [2.75, 3.05) is 19.1 Å². The van der Waals surface area contributed by atoms with E-state index in [9.17, 15) is 9.59 Å². The van der Waals surface area contributed by atoms with Gasteiger partial charge in [-0.25, -0.2) is 4.79 Å². The molecule has 1 aromatic heterocycles. The van der Waals surface area contributed by atoms with Gasteiger partial charge in [-0.1, -0.05) is 29.5 Å². The van der Waals surface area contributed by atoms with E-state index in [-0.39, 0.29) is 23.5 Å². The van der Waals surface area contributed by atoms with E-state index in [1.807, 2.05) is 63.8 Å². The Morgan fingerprint density at radius 2 is 1.74 bits per heavy atom. The number of hydrogen-bond acceptors (Lipinski definition) is 5. The minimum atomic E-state index is -0.451. The molecule has 2 aromatic rings. The minimum Gasteiger partial charge on any atom is -0.465 e. The molecular weight excluding hydrogens is 446 g/mol. The molecule has 3 rings (SSSR count). The summed E-state index contributed by atoms with van der Waals surface area (Å²) >= 11 is 1.28. The SMILES string of the molecule is COC(=O)c1sc(C#CC(C)(C)C)cc1N(C(=O)c1ccc(C)cc1C)C1CCC(OC)CC1. The lowest BCUT2D eigenvalue weighted by Gasteiger charge is -2.36. The maximum absolute atomic E-state index is 14.0. The standard InChI is InChI=1S/C28H35NO4S/c1-18-8-13-23(19(2)16-18)26(30)29(20-9-11-21(32-6)12-10-20)24-17-22(14-15-28(3,4)5)34-25(24)27(31)33-7/h8,13,16-17,20-21H,9-12H2,1-7H3. The Bertz CT molecular complexity index is 1110. The van der Waals surface area contributed by atoms with Gasteiger partial charge >= 0.3 is 5.97 Å². The Balaban J connectivity index is 2.13. The average molecular weight is 482 g/mol. The Morgan fingerprint density at radius 3 is 2.29 bits per heavy atom. The number of amides is 1. The average Bonchev–Trinajstić information content (AvgIpc) is 3.21. The number of carbonyl (C=O) groups is 2. The summed E-state index contributed by atoms with van der Waals surface area (Å²) in [6.07, 6.45) is 3.53. The number of hydrogen-bond donors (Lipinski definition) is 0. The molecule has 0 saturated heterocycles. The van der Waals surface area contributed by atoms with Gasteiger partial charge in [0, 0.05) is 24.1 Å². The van der Waals surface area contributed by atoms with Crippen LogP contribution in [0.2, 0.25) is 0 Å². The van der Waals surface area contributed by atoms with Crippen molar-refractivity contribution in [3.05, 3.63) is 50.7 Å². The fourth-order valence-electron chi connectivity index (χ4n) is 4.30. The van der Waals surface area contributed by atoms with Gasteiger partial charge in [-0.05, 0) is 78.0 Å². The lowest BCUT2D eigenvalue weighted by molar-refractivity contribution is 0.0602. The van der Waals surface area contributed by atoms with E-state index in [4.69, 9.17) is 9.47 Å². The number of aryl methyl sites for hydroxylation is 2. The highest BCUT2D eigenvalue weighted by Crippen LogP contribution is 2.37. The third-order valence-corrected chi connectivity index (χ3v) is 7.10. The van der Waals surface area contributed by atoms with Crippen LogP contribution in [0.3, 0.4) is 0 Å². The highest BCUT2D eigenvalue weighted by molar-refractivity contribution is 7.15. The largest absolute Gasteiger partial charge is 0.465 e. The summed E-state index contributed by atoms with van der Waals surface area (Å²) in [6.45, 7) is 10.1. The number of benzene rings is 1. The number of rotatable bonds is 5. The lowest BCUT2D eigenvalue weighted by atomic mass is 9.90. The summed E-state index contributed by atoms with van der Waals surface area (Å²) in [4.78, 5) is 29.8. The number of methoxy groups -OCH3 is 2. The topological polar surface area (TPSA) is 55.8 Å². The molecule has 1 amide bonds. The lowest BCUT2D eigenvalue weighted by Crippen LogP contribution is -2.44. The maximum atomic E-state index is 14.0. The molecule has 0 radical (unpaired) electrons. The zero-order valence-corrected chi connectivity index (χ0v) is 22.1. The maximum Gasteiger partial charge on any atom is 0.350 e. The molecule has 1 heterocycles. The van der Waals surface area contributed by atoms with Crippen molar-refractivity contribution in [1.82, 2.24) is 0 Å². The first kappa shape index (κ1) is 26.0. The molecule has 5 nitrogen and oxygen atoms in total. The first-order valence-corrected chi connectivity index (χ1v) is 12.5. The zero-order chi connectivity index (χ0) is 25.0. The minimum absolute atomic E-state index is 0.0407. The molecule has 1 fully saturated rings. The molecule has 1 aromatic carbocycles. The van der Waals surface area contributed by atoms with Crippen LogP contribution in [0.4, 0.5) is 5.69 Å². The van der Waals surface area contributed by atoms with E-state index in [0.717, 1.165) is 41.7 Å². The van der Waals surface area contributed by atoms with Gasteiger partial charge < -0.3 is 14.4 Å². The molecular formula is C28H35NO4S. The van der Waals surface area contributed by atoms with Gasteiger partial charge in [-0.15, -0.1) is 11.3 Å². The van der Waals surface area contributed by atoms with E-state index in [1.165, 1.54) is 18.4 Å². The summed E-state index contributed by atoms with van der Waals surface area (Å²) in [6, 6.07) is 7.68. The van der Waals surface area contributed by atoms with E-state index in [0.29, 0.717) is 16.1 Å². The smallest absolute Gasteiger partial charge is 0.350 e. The van der Waals surface area contributed by atoms with Crippen LogP contribution >= 0.6 is 11.3 Å². The molecule has 6 heteroatoms. The second-order valence-electron chi connectivity index (χ2n) is 9.98. The molecule has 0 atom stereocenters. The molecule has 0 unspecified atom stereocenters. The highest BCUT2D eigenvalue weighted by atomic mass is 32.1. The Hall–Kier alpha value is -2.62. The normalized spacial score (nSPS) is 18.1. The summed E-state index contributed by atoms with van der Waals surface area (Å²) < 4.78 is 10.7. The van der Waals surface area contributed by atoms with Crippen LogP contribution in [0, 0.1) is 31.1 Å². The number of esters is 1. The number of thiophene rings is 1. The van der Waals surface area contributed by atoms with Crippen molar-refractivity contribution in [3.8, 4) is 11.8 Å². The second-order valence-corrected chi connectivity index (χ2v) is 11.0. The van der Waals surface area contributed by atoms with Crippen LogP contribution in [-0.4, -0.2) is 38.2 Å². The van der Waals surface area contributed by atoms with Crippen molar-refractivity contribution in [2.24, 2.45) is 5.41 Å². The van der Waals surface area contributed by atoms with Crippen LogP contribution in [0.15, 0.2) is 24.3 Å². The van der Waals surface area contributed by atoms with E-state index < -0.39 is 5.97 Å². The Morgan fingerprint density at radius 1 is 1.06 bits per heavy atom. The van der Waals surface area contributed by atoms with Gasteiger partial charge in [0.05, 0.1) is 23.8 Å². The van der Waals surface area contributed by atoms with Crippen molar-refractivity contribution in [1.29, 1.82) is 0 Å². The first-order valence-electron chi connectivity index (χ1n) is 11.7. The molecule has 1 aliphatic carbocycles. The Kier molecular flexibility index (Phi) is 8.22. The summed E-state index contributed by atoms with van der Waals surface area (Å²) in [5, 5.41) is 0. The molecule has 0 spiro atoms. The predicted octanol–water partition coefficient (Wildman–Crippen LogP) is 6.15. The zero-order valence-electron chi connectivity index (χ0n) is 21.3. The predicted molar refractivity (Wildman–Crippen MR) is 138 cm³/mol. The monoisotopic (exact) mass is 481 g/mol. The molecule has 1 saturated carbocycles. The molecule has 182 valence electrons. The Labute approximate surface area is 207 Å².